The van der Waals surface area contributed by atoms with Crippen LogP contribution < -0.4 is 0 Å². The molecule has 90 valence electrons. The standard InChI is InChI=1S/C13H12ClFOS/c1-2-8-5-6-17-13(8)12(16)10-7-9(15)3-4-11(10)14/h3-7,12,16H,2H2,1H3. The van der Waals surface area contributed by atoms with E-state index in [-0.39, 0.29) is 0 Å². The molecule has 0 aliphatic heterocycles. The number of halogens is 2. The van der Waals surface area contributed by atoms with Crippen LogP contribution in [0.25, 0.3) is 0 Å². The highest BCUT2D eigenvalue weighted by molar-refractivity contribution is 7.10. The molecular weight excluding hydrogens is 259 g/mol. The molecule has 2 rings (SSSR count). The van der Waals surface area contributed by atoms with E-state index in [1.165, 1.54) is 29.5 Å². The average molecular weight is 271 g/mol. The molecule has 17 heavy (non-hydrogen) atoms. The Morgan fingerprint density at radius 1 is 1.41 bits per heavy atom. The van der Waals surface area contributed by atoms with E-state index in [0.29, 0.717) is 10.6 Å². The smallest absolute Gasteiger partial charge is 0.123 e. The van der Waals surface area contributed by atoms with Crippen LogP contribution in [0.15, 0.2) is 29.6 Å². The van der Waals surface area contributed by atoms with Crippen LogP contribution in [0.2, 0.25) is 5.02 Å². The molecule has 0 radical (unpaired) electrons. The molecule has 0 fully saturated rings. The first-order valence-electron chi connectivity index (χ1n) is 5.32. The average Bonchev–Trinajstić information content (AvgIpc) is 2.79. The molecule has 4 heteroatoms. The fourth-order valence-electron chi connectivity index (χ4n) is 1.74. The van der Waals surface area contributed by atoms with E-state index in [0.717, 1.165) is 16.9 Å². The van der Waals surface area contributed by atoms with E-state index in [1.807, 2.05) is 18.4 Å². The largest absolute Gasteiger partial charge is 0.383 e. The summed E-state index contributed by atoms with van der Waals surface area (Å²) in [6, 6.07) is 6.00. The van der Waals surface area contributed by atoms with Gasteiger partial charge < -0.3 is 5.11 Å². The van der Waals surface area contributed by atoms with Crippen molar-refractivity contribution < 1.29 is 9.50 Å². The number of benzene rings is 1. The molecule has 1 atom stereocenters. The Hall–Kier alpha value is -0.900. The Bertz CT molecular complexity index is 524. The molecule has 2 aromatic rings. The third-order valence-electron chi connectivity index (χ3n) is 2.66. The van der Waals surface area contributed by atoms with E-state index in [1.54, 1.807) is 0 Å². The number of rotatable bonds is 3. The number of aliphatic hydroxyl groups is 1. The van der Waals surface area contributed by atoms with Gasteiger partial charge in [-0.15, -0.1) is 11.3 Å². The van der Waals surface area contributed by atoms with Gasteiger partial charge in [-0.05, 0) is 41.6 Å². The minimum atomic E-state index is -0.854. The second-order valence-electron chi connectivity index (χ2n) is 3.73. The molecule has 0 spiro atoms. The molecule has 0 bridgehead atoms. The zero-order valence-corrected chi connectivity index (χ0v) is 10.9. The molecule has 1 nitrogen and oxygen atoms in total. The summed E-state index contributed by atoms with van der Waals surface area (Å²) in [5.74, 6) is -0.391. The molecule has 1 aromatic heterocycles. The maximum atomic E-state index is 13.2. The Balaban J connectivity index is 2.43. The lowest BCUT2D eigenvalue weighted by atomic mass is 10.0. The second-order valence-corrected chi connectivity index (χ2v) is 5.09. The quantitative estimate of drug-likeness (QED) is 0.887. The lowest BCUT2D eigenvalue weighted by molar-refractivity contribution is 0.223. The molecule has 0 aliphatic rings. The van der Waals surface area contributed by atoms with Gasteiger partial charge in [0.1, 0.15) is 11.9 Å². The number of aliphatic hydroxyl groups excluding tert-OH is 1. The molecule has 0 saturated heterocycles. The predicted molar refractivity (Wildman–Crippen MR) is 69.2 cm³/mol. The van der Waals surface area contributed by atoms with Crippen molar-refractivity contribution in [3.63, 3.8) is 0 Å². The van der Waals surface area contributed by atoms with Crippen molar-refractivity contribution in [2.45, 2.75) is 19.4 Å². The highest BCUT2D eigenvalue weighted by atomic mass is 35.5. The molecular formula is C13H12ClFOS. The summed E-state index contributed by atoms with van der Waals surface area (Å²) < 4.78 is 13.2. The van der Waals surface area contributed by atoms with Crippen molar-refractivity contribution in [1.29, 1.82) is 0 Å². The van der Waals surface area contributed by atoms with E-state index in [2.05, 4.69) is 0 Å². The second kappa shape index (κ2) is 5.17. The summed E-state index contributed by atoms with van der Waals surface area (Å²) in [6.45, 7) is 2.02. The normalized spacial score (nSPS) is 12.7. The highest BCUT2D eigenvalue weighted by Crippen LogP contribution is 2.33. The van der Waals surface area contributed by atoms with E-state index in [9.17, 15) is 9.50 Å². The van der Waals surface area contributed by atoms with Crippen molar-refractivity contribution in [3.05, 3.63) is 56.5 Å². The third-order valence-corrected chi connectivity index (χ3v) is 4.02. The maximum absolute atomic E-state index is 13.2. The van der Waals surface area contributed by atoms with Crippen LogP contribution in [-0.2, 0) is 6.42 Å². The Morgan fingerprint density at radius 3 is 2.88 bits per heavy atom. The van der Waals surface area contributed by atoms with Crippen LogP contribution in [0.4, 0.5) is 4.39 Å². The summed E-state index contributed by atoms with van der Waals surface area (Å²) in [5, 5.41) is 12.6. The molecule has 0 saturated carbocycles. The first-order valence-corrected chi connectivity index (χ1v) is 6.58. The van der Waals surface area contributed by atoms with Crippen molar-refractivity contribution in [2.75, 3.05) is 0 Å². The van der Waals surface area contributed by atoms with Crippen molar-refractivity contribution in [3.8, 4) is 0 Å². The number of hydrogen-bond donors (Lipinski definition) is 1. The van der Waals surface area contributed by atoms with Gasteiger partial charge in [0.2, 0.25) is 0 Å². The van der Waals surface area contributed by atoms with Gasteiger partial charge in [0.15, 0.2) is 0 Å². The van der Waals surface area contributed by atoms with Crippen LogP contribution >= 0.6 is 22.9 Å². The molecule has 1 aromatic carbocycles. The van der Waals surface area contributed by atoms with Gasteiger partial charge in [-0.1, -0.05) is 18.5 Å². The summed E-state index contributed by atoms with van der Waals surface area (Å²) in [4.78, 5) is 0.833. The molecule has 1 heterocycles. The van der Waals surface area contributed by atoms with Crippen molar-refractivity contribution in [2.24, 2.45) is 0 Å². The minimum absolute atomic E-state index is 0.384. The van der Waals surface area contributed by atoms with Crippen LogP contribution in [-0.4, -0.2) is 5.11 Å². The molecule has 0 aliphatic carbocycles. The van der Waals surface area contributed by atoms with Crippen LogP contribution in [0.1, 0.15) is 29.0 Å². The first-order chi connectivity index (χ1) is 8.13. The zero-order valence-electron chi connectivity index (χ0n) is 9.28. The highest BCUT2D eigenvalue weighted by Gasteiger charge is 2.18. The van der Waals surface area contributed by atoms with Crippen molar-refractivity contribution in [1.82, 2.24) is 0 Å². The minimum Gasteiger partial charge on any atom is -0.383 e. The van der Waals surface area contributed by atoms with Gasteiger partial charge in [0.25, 0.3) is 0 Å². The van der Waals surface area contributed by atoms with Crippen LogP contribution in [0.3, 0.4) is 0 Å². The van der Waals surface area contributed by atoms with Gasteiger partial charge in [-0.3, -0.25) is 0 Å². The van der Waals surface area contributed by atoms with E-state index < -0.39 is 11.9 Å². The van der Waals surface area contributed by atoms with Gasteiger partial charge in [0.05, 0.1) is 0 Å². The monoisotopic (exact) mass is 270 g/mol. The number of aryl methyl sites for hydroxylation is 1. The van der Waals surface area contributed by atoms with Crippen molar-refractivity contribution >= 4 is 22.9 Å². The van der Waals surface area contributed by atoms with Crippen LogP contribution in [0, 0.1) is 5.82 Å². The first kappa shape index (κ1) is 12.6. The Labute approximate surface area is 108 Å². The Kier molecular flexibility index (Phi) is 3.82. The molecule has 0 amide bonds. The fraction of sp³-hybridized carbons (Fsp3) is 0.231. The van der Waals surface area contributed by atoms with E-state index in [4.69, 9.17) is 11.6 Å². The summed E-state index contributed by atoms with van der Waals surface area (Å²) in [6.07, 6.45) is -0.0174. The number of thiophene rings is 1. The molecule has 1 N–H and O–H groups in total. The van der Waals surface area contributed by atoms with Gasteiger partial charge in [-0.25, -0.2) is 4.39 Å². The lowest BCUT2D eigenvalue weighted by Gasteiger charge is -2.13. The lowest BCUT2D eigenvalue weighted by Crippen LogP contribution is -2.01. The van der Waals surface area contributed by atoms with Gasteiger partial charge >= 0.3 is 0 Å². The third kappa shape index (κ3) is 2.51. The maximum Gasteiger partial charge on any atom is 0.123 e. The zero-order chi connectivity index (χ0) is 12.4. The predicted octanol–water partition coefficient (Wildman–Crippen LogP) is 4.18. The number of hydrogen-bond acceptors (Lipinski definition) is 2. The summed E-state index contributed by atoms with van der Waals surface area (Å²) in [7, 11) is 0. The van der Waals surface area contributed by atoms with Gasteiger partial charge in [-0.2, -0.15) is 0 Å². The van der Waals surface area contributed by atoms with Gasteiger partial charge in [0, 0.05) is 15.5 Å². The van der Waals surface area contributed by atoms with Crippen LogP contribution in [0.5, 0.6) is 0 Å². The fourth-order valence-corrected chi connectivity index (χ4v) is 2.96. The molecule has 1 unspecified atom stereocenters. The summed E-state index contributed by atoms with van der Waals surface area (Å²) in [5.41, 5.74) is 1.49. The topological polar surface area (TPSA) is 20.2 Å². The van der Waals surface area contributed by atoms with E-state index >= 15 is 0 Å². The Morgan fingerprint density at radius 2 is 2.18 bits per heavy atom. The SMILES string of the molecule is CCc1ccsc1C(O)c1cc(F)ccc1Cl. The summed E-state index contributed by atoms with van der Waals surface area (Å²) >= 11 is 7.44.